The van der Waals surface area contributed by atoms with Gasteiger partial charge in [0.1, 0.15) is 0 Å². The predicted octanol–water partition coefficient (Wildman–Crippen LogP) is 2.68. The monoisotopic (exact) mass is 343 g/mol. The molecule has 0 atom stereocenters. The summed E-state index contributed by atoms with van der Waals surface area (Å²) < 4.78 is 2.46. The molecule has 0 aliphatic carbocycles. The molecule has 0 saturated heterocycles. The van der Waals surface area contributed by atoms with E-state index in [1.165, 1.54) is 0 Å². The minimum absolute atomic E-state index is 0.210. The second-order valence-corrected chi connectivity index (χ2v) is 5.10. The lowest BCUT2D eigenvalue weighted by Crippen LogP contribution is -2.12. The van der Waals surface area contributed by atoms with Gasteiger partial charge in [-0.15, -0.1) is 0 Å². The lowest BCUT2D eigenvalue weighted by Gasteiger charge is -2.05. The summed E-state index contributed by atoms with van der Waals surface area (Å²) in [5.74, 6) is 0.236. The lowest BCUT2D eigenvalue weighted by atomic mass is 10.2. The van der Waals surface area contributed by atoms with Crippen LogP contribution in [0.25, 0.3) is 5.95 Å². The van der Waals surface area contributed by atoms with Crippen molar-refractivity contribution in [3.8, 4) is 5.95 Å². The number of halogens is 1. The third-order valence-corrected chi connectivity index (χ3v) is 3.24. The third kappa shape index (κ3) is 3.14. The summed E-state index contributed by atoms with van der Waals surface area (Å²) in [4.78, 5) is 20.3. The van der Waals surface area contributed by atoms with Gasteiger partial charge in [0, 0.05) is 22.4 Å². The molecule has 21 heavy (non-hydrogen) atoms. The Labute approximate surface area is 129 Å². The van der Waals surface area contributed by atoms with E-state index in [9.17, 15) is 4.79 Å². The van der Waals surface area contributed by atoms with Crippen LogP contribution in [0.2, 0.25) is 0 Å². The Balaban J connectivity index is 1.73. The van der Waals surface area contributed by atoms with E-state index in [0.29, 0.717) is 17.2 Å². The molecule has 0 spiro atoms. The number of hydrogen-bond acceptors (Lipinski definition) is 4. The number of hydrogen-bond donors (Lipinski definition) is 1. The highest BCUT2D eigenvalue weighted by Gasteiger charge is 2.07. The van der Waals surface area contributed by atoms with E-state index >= 15 is 0 Å². The van der Waals surface area contributed by atoms with Crippen LogP contribution in [-0.2, 0) is 0 Å². The van der Waals surface area contributed by atoms with Crippen LogP contribution >= 0.6 is 15.9 Å². The summed E-state index contributed by atoms with van der Waals surface area (Å²) in [6.45, 7) is 0. The quantitative estimate of drug-likeness (QED) is 0.793. The molecule has 2 aromatic heterocycles. The molecule has 6 nitrogen and oxygen atoms in total. The van der Waals surface area contributed by atoms with Gasteiger partial charge in [-0.1, -0.05) is 15.9 Å². The van der Waals surface area contributed by atoms with E-state index in [1.54, 1.807) is 47.7 Å². The van der Waals surface area contributed by atoms with E-state index < -0.39 is 0 Å². The number of carbonyl (C=O) groups is 1. The second kappa shape index (κ2) is 5.84. The highest BCUT2D eigenvalue weighted by molar-refractivity contribution is 9.10. The molecule has 0 fully saturated rings. The van der Waals surface area contributed by atoms with Crippen LogP contribution in [-0.4, -0.2) is 25.7 Å². The summed E-state index contributed by atoms with van der Waals surface area (Å²) in [5, 5.41) is 6.77. The van der Waals surface area contributed by atoms with Gasteiger partial charge in [0.2, 0.25) is 0 Å². The predicted molar refractivity (Wildman–Crippen MR) is 81.2 cm³/mol. The molecule has 0 saturated carbocycles. The fraction of sp³-hybridized carbons (Fsp3) is 0. The first-order chi connectivity index (χ1) is 10.2. The number of amides is 1. The lowest BCUT2D eigenvalue weighted by molar-refractivity contribution is 0.102. The number of nitrogens with zero attached hydrogens (tertiary/aromatic N) is 4. The van der Waals surface area contributed by atoms with Crippen molar-refractivity contribution in [2.75, 3.05) is 5.32 Å². The minimum atomic E-state index is -0.210. The summed E-state index contributed by atoms with van der Waals surface area (Å²) in [6, 6.07) is 8.88. The van der Waals surface area contributed by atoms with Crippen LogP contribution < -0.4 is 5.32 Å². The molecular weight excluding hydrogens is 334 g/mol. The molecular formula is C14H10BrN5O. The highest BCUT2D eigenvalue weighted by Crippen LogP contribution is 2.12. The maximum atomic E-state index is 12.0. The Kier molecular flexibility index (Phi) is 3.74. The number of rotatable bonds is 3. The fourth-order valence-corrected chi connectivity index (χ4v) is 1.96. The van der Waals surface area contributed by atoms with Gasteiger partial charge in [-0.3, -0.25) is 4.79 Å². The Morgan fingerprint density at radius 2 is 1.86 bits per heavy atom. The van der Waals surface area contributed by atoms with E-state index in [2.05, 4.69) is 36.3 Å². The van der Waals surface area contributed by atoms with E-state index in [1.807, 2.05) is 12.1 Å². The van der Waals surface area contributed by atoms with E-state index in [-0.39, 0.29) is 5.91 Å². The topological polar surface area (TPSA) is 72.7 Å². The molecule has 104 valence electrons. The van der Waals surface area contributed by atoms with Gasteiger partial charge in [0.05, 0.1) is 18.1 Å². The van der Waals surface area contributed by atoms with Crippen LogP contribution in [0.4, 0.5) is 5.69 Å². The molecule has 3 rings (SSSR count). The Hall–Kier alpha value is -2.54. The van der Waals surface area contributed by atoms with Gasteiger partial charge < -0.3 is 5.32 Å². The maximum absolute atomic E-state index is 12.0. The first-order valence-electron chi connectivity index (χ1n) is 6.11. The molecule has 2 heterocycles. The van der Waals surface area contributed by atoms with Gasteiger partial charge in [0.15, 0.2) is 0 Å². The Bertz CT molecular complexity index is 738. The first kappa shape index (κ1) is 13.4. The number of carbonyl (C=O) groups excluding carboxylic acids is 1. The molecule has 1 amide bonds. The SMILES string of the molecule is O=C(Nc1cnc(-n2cccn2)nc1)c1ccc(Br)cc1. The molecule has 1 N–H and O–H groups in total. The zero-order chi connectivity index (χ0) is 14.7. The van der Waals surface area contributed by atoms with Crippen molar-refractivity contribution in [1.82, 2.24) is 19.7 Å². The van der Waals surface area contributed by atoms with Gasteiger partial charge in [-0.2, -0.15) is 5.10 Å². The second-order valence-electron chi connectivity index (χ2n) is 4.18. The summed E-state index contributed by atoms with van der Waals surface area (Å²) in [5.41, 5.74) is 1.09. The van der Waals surface area contributed by atoms with Crippen LogP contribution in [0.15, 0.2) is 59.6 Å². The minimum Gasteiger partial charge on any atom is -0.319 e. The Morgan fingerprint density at radius 1 is 1.14 bits per heavy atom. The zero-order valence-corrected chi connectivity index (χ0v) is 12.4. The number of anilines is 1. The fourth-order valence-electron chi connectivity index (χ4n) is 1.70. The number of nitrogens with one attached hydrogen (secondary N) is 1. The number of benzene rings is 1. The van der Waals surface area contributed by atoms with Crippen molar-refractivity contribution < 1.29 is 4.79 Å². The van der Waals surface area contributed by atoms with Crippen LogP contribution in [0.5, 0.6) is 0 Å². The molecule has 0 unspecified atom stereocenters. The normalized spacial score (nSPS) is 10.3. The van der Waals surface area contributed by atoms with Gasteiger partial charge in [-0.05, 0) is 30.3 Å². The van der Waals surface area contributed by atoms with Crippen LogP contribution in [0.1, 0.15) is 10.4 Å². The molecule has 0 aliphatic heterocycles. The summed E-state index contributed by atoms with van der Waals surface area (Å²) >= 11 is 3.33. The molecule has 0 bridgehead atoms. The van der Waals surface area contributed by atoms with Crippen molar-refractivity contribution in [2.24, 2.45) is 0 Å². The van der Waals surface area contributed by atoms with E-state index in [0.717, 1.165) is 4.47 Å². The van der Waals surface area contributed by atoms with Gasteiger partial charge >= 0.3 is 0 Å². The third-order valence-electron chi connectivity index (χ3n) is 2.71. The molecule has 7 heteroatoms. The van der Waals surface area contributed by atoms with Crippen molar-refractivity contribution >= 4 is 27.5 Å². The van der Waals surface area contributed by atoms with Crippen LogP contribution in [0, 0.1) is 0 Å². The van der Waals surface area contributed by atoms with E-state index in [4.69, 9.17) is 0 Å². The zero-order valence-electron chi connectivity index (χ0n) is 10.8. The smallest absolute Gasteiger partial charge is 0.255 e. The molecule has 0 aliphatic rings. The summed E-state index contributed by atoms with van der Waals surface area (Å²) in [6.07, 6.45) is 6.48. The van der Waals surface area contributed by atoms with Gasteiger partial charge in [-0.25, -0.2) is 14.6 Å². The number of aromatic nitrogens is 4. The average molecular weight is 344 g/mol. The van der Waals surface area contributed by atoms with Gasteiger partial charge in [0.25, 0.3) is 11.9 Å². The largest absolute Gasteiger partial charge is 0.319 e. The maximum Gasteiger partial charge on any atom is 0.255 e. The standard InChI is InChI=1S/C14H10BrN5O/c15-11-4-2-10(3-5-11)13(21)19-12-8-16-14(17-9-12)20-7-1-6-18-20/h1-9H,(H,19,21). The van der Waals surface area contributed by atoms with Crippen LogP contribution in [0.3, 0.4) is 0 Å². The van der Waals surface area contributed by atoms with Crippen molar-refractivity contribution in [3.63, 3.8) is 0 Å². The Morgan fingerprint density at radius 3 is 2.48 bits per heavy atom. The highest BCUT2D eigenvalue weighted by atomic mass is 79.9. The first-order valence-corrected chi connectivity index (χ1v) is 6.91. The molecule has 0 radical (unpaired) electrons. The summed E-state index contributed by atoms with van der Waals surface area (Å²) in [7, 11) is 0. The molecule has 1 aromatic carbocycles. The van der Waals surface area contributed by atoms with Crippen molar-refractivity contribution in [1.29, 1.82) is 0 Å². The average Bonchev–Trinajstić information content (AvgIpc) is 3.03. The van der Waals surface area contributed by atoms with Crippen molar-refractivity contribution in [3.05, 3.63) is 65.2 Å². The van der Waals surface area contributed by atoms with Crippen molar-refractivity contribution in [2.45, 2.75) is 0 Å². The molecule has 3 aromatic rings.